The zero-order chi connectivity index (χ0) is 18.8. The van der Waals surface area contributed by atoms with Crippen LogP contribution in [0, 0.1) is 0 Å². The summed E-state index contributed by atoms with van der Waals surface area (Å²) in [5, 5.41) is 7.63. The molecule has 1 aromatic heterocycles. The second kappa shape index (κ2) is 7.80. The predicted octanol–water partition coefficient (Wildman–Crippen LogP) is 3.55. The van der Waals surface area contributed by atoms with E-state index in [1.165, 1.54) is 0 Å². The monoisotopic (exact) mass is 438 g/mol. The van der Waals surface area contributed by atoms with E-state index in [-0.39, 0.29) is 17.7 Å². The summed E-state index contributed by atoms with van der Waals surface area (Å²) in [5.74, 6) is 0.0445. The smallest absolute Gasteiger partial charge is 0.275 e. The van der Waals surface area contributed by atoms with Crippen LogP contribution in [0.15, 0.2) is 28.7 Å². The van der Waals surface area contributed by atoms with Gasteiger partial charge in [0, 0.05) is 36.8 Å². The van der Waals surface area contributed by atoms with E-state index in [4.69, 9.17) is 11.6 Å². The third-order valence-corrected chi connectivity index (χ3v) is 5.48. The molecule has 1 saturated heterocycles. The minimum Gasteiger partial charge on any atom is -0.335 e. The van der Waals surface area contributed by atoms with Crippen LogP contribution in [-0.4, -0.2) is 58.0 Å². The molecule has 2 aromatic rings. The highest BCUT2D eigenvalue weighted by Gasteiger charge is 2.29. The van der Waals surface area contributed by atoms with Crippen LogP contribution in [-0.2, 0) is 0 Å². The van der Waals surface area contributed by atoms with Crippen LogP contribution < -0.4 is 0 Å². The van der Waals surface area contributed by atoms with E-state index in [1.807, 2.05) is 13.8 Å². The first-order valence-corrected chi connectivity index (χ1v) is 9.63. The van der Waals surface area contributed by atoms with Crippen molar-refractivity contribution < 1.29 is 9.59 Å². The van der Waals surface area contributed by atoms with Crippen LogP contribution in [0.5, 0.6) is 0 Å². The standard InChI is InChI=1S/C18H20BrClN4O2/c1-11(2)15-14(19)16(22-21-15)18(26)24-8-6-23(7-9-24)17(25)12-4-3-5-13(20)10-12/h3-5,10-11H,6-9H2,1-2H3,(H,21,22). The van der Waals surface area contributed by atoms with Crippen molar-refractivity contribution in [1.29, 1.82) is 0 Å². The predicted molar refractivity (Wildman–Crippen MR) is 104 cm³/mol. The van der Waals surface area contributed by atoms with E-state index in [2.05, 4.69) is 26.1 Å². The van der Waals surface area contributed by atoms with Crippen molar-refractivity contribution in [2.24, 2.45) is 0 Å². The molecular formula is C18H20BrClN4O2. The maximum absolute atomic E-state index is 12.7. The van der Waals surface area contributed by atoms with Crippen LogP contribution >= 0.6 is 27.5 Å². The molecule has 8 heteroatoms. The lowest BCUT2D eigenvalue weighted by atomic mass is 10.1. The fraction of sp³-hybridized carbons (Fsp3) is 0.389. The molecule has 1 N–H and O–H groups in total. The van der Waals surface area contributed by atoms with Gasteiger partial charge in [0.1, 0.15) is 0 Å². The molecule has 0 atom stereocenters. The number of nitrogens with zero attached hydrogens (tertiary/aromatic N) is 3. The van der Waals surface area contributed by atoms with Crippen molar-refractivity contribution >= 4 is 39.3 Å². The molecule has 0 bridgehead atoms. The van der Waals surface area contributed by atoms with E-state index in [0.717, 1.165) is 10.2 Å². The third-order valence-electron chi connectivity index (χ3n) is 4.44. The number of nitrogens with one attached hydrogen (secondary N) is 1. The molecule has 0 radical (unpaired) electrons. The molecule has 3 rings (SSSR count). The molecule has 1 fully saturated rings. The molecule has 138 valence electrons. The fourth-order valence-electron chi connectivity index (χ4n) is 2.93. The summed E-state index contributed by atoms with van der Waals surface area (Å²) >= 11 is 9.43. The summed E-state index contributed by atoms with van der Waals surface area (Å²) in [6.07, 6.45) is 0. The van der Waals surface area contributed by atoms with Gasteiger partial charge >= 0.3 is 0 Å². The van der Waals surface area contributed by atoms with Crippen LogP contribution in [0.4, 0.5) is 0 Å². The summed E-state index contributed by atoms with van der Waals surface area (Å²) in [7, 11) is 0. The third kappa shape index (κ3) is 3.78. The summed E-state index contributed by atoms with van der Waals surface area (Å²) < 4.78 is 0.718. The molecule has 0 spiro atoms. The summed E-state index contributed by atoms with van der Waals surface area (Å²) in [6.45, 7) is 5.98. The lowest BCUT2D eigenvalue weighted by Gasteiger charge is -2.34. The summed E-state index contributed by atoms with van der Waals surface area (Å²) in [6, 6.07) is 6.91. The largest absolute Gasteiger partial charge is 0.335 e. The van der Waals surface area contributed by atoms with E-state index >= 15 is 0 Å². The Balaban J connectivity index is 1.65. The molecule has 0 aliphatic carbocycles. The molecule has 6 nitrogen and oxygen atoms in total. The lowest BCUT2D eigenvalue weighted by molar-refractivity contribution is 0.0531. The summed E-state index contributed by atoms with van der Waals surface area (Å²) in [4.78, 5) is 28.8. The van der Waals surface area contributed by atoms with Crippen molar-refractivity contribution in [3.8, 4) is 0 Å². The highest BCUT2D eigenvalue weighted by Crippen LogP contribution is 2.26. The van der Waals surface area contributed by atoms with Gasteiger partial charge in [-0.1, -0.05) is 31.5 Å². The highest BCUT2D eigenvalue weighted by molar-refractivity contribution is 9.10. The fourth-order valence-corrected chi connectivity index (χ4v) is 3.93. The van der Waals surface area contributed by atoms with E-state index in [9.17, 15) is 9.59 Å². The number of benzene rings is 1. The molecule has 1 aliphatic heterocycles. The van der Waals surface area contributed by atoms with Gasteiger partial charge in [0.2, 0.25) is 0 Å². The first-order valence-electron chi connectivity index (χ1n) is 8.46. The van der Waals surface area contributed by atoms with Gasteiger partial charge in [-0.2, -0.15) is 5.10 Å². The number of carbonyl (C=O) groups is 2. The number of hydrogen-bond acceptors (Lipinski definition) is 3. The summed E-state index contributed by atoms with van der Waals surface area (Å²) in [5.41, 5.74) is 1.86. The van der Waals surface area contributed by atoms with Crippen LogP contribution in [0.2, 0.25) is 5.02 Å². The molecule has 2 heterocycles. The SMILES string of the molecule is CC(C)c1[nH]nc(C(=O)N2CCN(C(=O)c3cccc(Cl)c3)CC2)c1Br. The maximum atomic E-state index is 12.7. The van der Waals surface area contributed by atoms with Gasteiger partial charge in [-0.15, -0.1) is 0 Å². The highest BCUT2D eigenvalue weighted by atomic mass is 79.9. The normalized spacial score (nSPS) is 14.8. The topological polar surface area (TPSA) is 69.3 Å². The van der Waals surface area contributed by atoms with E-state index in [0.29, 0.717) is 42.5 Å². The Morgan fingerprint density at radius 3 is 2.31 bits per heavy atom. The molecule has 1 aliphatic rings. The Hall–Kier alpha value is -1.86. The second-order valence-corrected chi connectivity index (χ2v) is 7.78. The van der Waals surface area contributed by atoms with Gasteiger partial charge in [0.05, 0.1) is 10.2 Å². The maximum Gasteiger partial charge on any atom is 0.275 e. The second-order valence-electron chi connectivity index (χ2n) is 6.55. The molecular weight excluding hydrogens is 420 g/mol. The van der Waals surface area contributed by atoms with Gasteiger partial charge in [-0.3, -0.25) is 14.7 Å². The minimum atomic E-state index is -0.130. The van der Waals surface area contributed by atoms with Crippen LogP contribution in [0.3, 0.4) is 0 Å². The molecule has 26 heavy (non-hydrogen) atoms. The van der Waals surface area contributed by atoms with Gasteiger partial charge in [0.15, 0.2) is 5.69 Å². The van der Waals surface area contributed by atoms with E-state index in [1.54, 1.807) is 34.1 Å². The number of carbonyl (C=O) groups excluding carboxylic acids is 2. The zero-order valence-electron chi connectivity index (χ0n) is 14.6. The molecule has 1 aromatic carbocycles. The number of aromatic nitrogens is 2. The minimum absolute atomic E-state index is 0.0670. The zero-order valence-corrected chi connectivity index (χ0v) is 17.0. The number of rotatable bonds is 3. The van der Waals surface area contributed by atoms with E-state index < -0.39 is 0 Å². The van der Waals surface area contributed by atoms with Crippen molar-refractivity contribution in [2.75, 3.05) is 26.2 Å². The Morgan fingerprint density at radius 2 is 1.77 bits per heavy atom. The Morgan fingerprint density at radius 1 is 1.15 bits per heavy atom. The number of halogens is 2. The van der Waals surface area contributed by atoms with Gasteiger partial charge in [-0.05, 0) is 40.0 Å². The Bertz CT molecular complexity index is 828. The number of aromatic amines is 1. The van der Waals surface area contributed by atoms with Crippen molar-refractivity contribution in [1.82, 2.24) is 20.0 Å². The van der Waals surface area contributed by atoms with Crippen LogP contribution in [0.25, 0.3) is 0 Å². The molecule has 2 amide bonds. The first kappa shape index (κ1) is 18.9. The Kier molecular flexibility index (Phi) is 5.67. The first-order chi connectivity index (χ1) is 12.4. The quantitative estimate of drug-likeness (QED) is 0.795. The van der Waals surface area contributed by atoms with Crippen molar-refractivity contribution in [3.63, 3.8) is 0 Å². The van der Waals surface area contributed by atoms with Gasteiger partial charge < -0.3 is 9.80 Å². The number of piperazine rings is 1. The average molecular weight is 440 g/mol. The van der Waals surface area contributed by atoms with Gasteiger partial charge in [0.25, 0.3) is 11.8 Å². The van der Waals surface area contributed by atoms with Crippen molar-refractivity contribution in [3.05, 3.63) is 50.7 Å². The van der Waals surface area contributed by atoms with Crippen LogP contribution in [0.1, 0.15) is 46.3 Å². The lowest BCUT2D eigenvalue weighted by Crippen LogP contribution is -2.50. The molecule has 0 unspecified atom stereocenters. The Labute approximate surface area is 165 Å². The number of amides is 2. The number of H-pyrrole nitrogens is 1. The average Bonchev–Trinajstić information content (AvgIpc) is 3.02. The number of hydrogen-bond donors (Lipinski definition) is 1. The van der Waals surface area contributed by atoms with Gasteiger partial charge in [-0.25, -0.2) is 0 Å². The van der Waals surface area contributed by atoms with Crippen molar-refractivity contribution in [2.45, 2.75) is 19.8 Å². The molecule has 0 saturated carbocycles.